The van der Waals surface area contributed by atoms with Gasteiger partial charge in [0.2, 0.25) is 5.78 Å². The van der Waals surface area contributed by atoms with E-state index in [0.29, 0.717) is 12.1 Å². The Hall–Kier alpha value is -1.38. The maximum Gasteiger partial charge on any atom is 0.216 e. The molecule has 0 bridgehead atoms. The Labute approximate surface area is 134 Å². The molecule has 21 heavy (non-hydrogen) atoms. The van der Waals surface area contributed by atoms with E-state index in [-0.39, 0.29) is 15.8 Å². The van der Waals surface area contributed by atoms with Gasteiger partial charge < -0.3 is 0 Å². The van der Waals surface area contributed by atoms with E-state index >= 15 is 0 Å². The molecule has 0 aromatic heterocycles. The first-order valence-electron chi connectivity index (χ1n) is 7.11. The molecule has 1 aromatic carbocycles. The number of fused-ring (bicyclic) bond motifs is 2. The molecule has 0 radical (unpaired) electrons. The minimum absolute atomic E-state index is 0.130. The summed E-state index contributed by atoms with van der Waals surface area (Å²) in [6.45, 7) is 2.18. The molecule has 0 spiro atoms. The third-order valence-corrected chi connectivity index (χ3v) is 4.51. The lowest BCUT2D eigenvalue weighted by atomic mass is 9.90. The van der Waals surface area contributed by atoms with Gasteiger partial charge in [-0.3, -0.25) is 4.79 Å². The summed E-state index contributed by atoms with van der Waals surface area (Å²) in [5.74, 6) is -0.308. The molecule has 0 N–H and O–H groups in total. The zero-order valence-corrected chi connectivity index (χ0v) is 13.3. The predicted molar refractivity (Wildman–Crippen MR) is 87.7 cm³/mol. The third-order valence-electron chi connectivity index (χ3n) is 3.82. The van der Waals surface area contributed by atoms with Crippen LogP contribution in [-0.2, 0) is 17.6 Å². The Morgan fingerprint density at radius 3 is 2.86 bits per heavy atom. The molecule has 0 atom stereocenters. The number of rotatable bonds is 3. The number of hydrogen-bond donors (Lipinski definition) is 0. The quantitative estimate of drug-likeness (QED) is 0.732. The number of nitrogens with zero attached hydrogens (tertiary/aromatic N) is 1. The monoisotopic (exact) mass is 319 g/mol. The Kier molecular flexibility index (Phi) is 4.01. The van der Waals surface area contributed by atoms with Gasteiger partial charge in [-0.05, 0) is 36.1 Å². The zero-order chi connectivity index (χ0) is 15.0. The van der Waals surface area contributed by atoms with Gasteiger partial charge in [-0.2, -0.15) is 0 Å². The second-order valence-electron chi connectivity index (χ2n) is 5.35. The summed E-state index contributed by atoms with van der Waals surface area (Å²) in [5.41, 5.74) is 4.86. The van der Waals surface area contributed by atoms with Crippen molar-refractivity contribution in [2.24, 2.45) is 4.99 Å². The molecule has 1 heterocycles. The van der Waals surface area contributed by atoms with E-state index in [1.54, 1.807) is 6.08 Å². The number of unbranched alkanes of at least 4 members (excludes halogenated alkanes) is 1. The molecule has 0 unspecified atom stereocenters. The molecule has 1 aromatic rings. The van der Waals surface area contributed by atoms with Crippen molar-refractivity contribution in [1.82, 2.24) is 0 Å². The van der Waals surface area contributed by atoms with Crippen LogP contribution in [0.5, 0.6) is 0 Å². The summed E-state index contributed by atoms with van der Waals surface area (Å²) in [4.78, 5) is 16.4. The van der Waals surface area contributed by atoms with E-state index in [2.05, 4.69) is 24.0 Å². The second-order valence-corrected chi connectivity index (χ2v) is 6.14. The van der Waals surface area contributed by atoms with Crippen LogP contribution in [0.2, 0.25) is 0 Å². The van der Waals surface area contributed by atoms with Crippen LogP contribution in [0, 0.1) is 0 Å². The van der Waals surface area contributed by atoms with Crippen LogP contribution in [0.4, 0.5) is 5.69 Å². The van der Waals surface area contributed by atoms with E-state index in [0.717, 1.165) is 23.2 Å². The third kappa shape index (κ3) is 2.70. The summed E-state index contributed by atoms with van der Waals surface area (Å²) >= 11 is 12.1. The number of halogens is 2. The number of Topliss-reactive ketones (excluding diaryl/α,β-unsaturated/α-hetero) is 1. The molecule has 4 heteroatoms. The average molecular weight is 320 g/mol. The van der Waals surface area contributed by atoms with Crippen molar-refractivity contribution in [3.05, 3.63) is 51.0 Å². The van der Waals surface area contributed by atoms with Gasteiger partial charge in [0.25, 0.3) is 0 Å². The zero-order valence-electron chi connectivity index (χ0n) is 11.7. The molecular formula is C17H15Cl2NO. The lowest BCUT2D eigenvalue weighted by molar-refractivity contribution is -0.111. The average Bonchev–Trinajstić information content (AvgIpc) is 2.49. The highest BCUT2D eigenvalue weighted by Gasteiger charge is 2.28. The number of benzene rings is 1. The Balaban J connectivity index is 2.01. The Morgan fingerprint density at radius 2 is 2.10 bits per heavy atom. The van der Waals surface area contributed by atoms with Crippen molar-refractivity contribution in [2.75, 3.05) is 0 Å². The molecule has 1 aliphatic heterocycles. The minimum Gasteiger partial charge on any atom is -0.287 e. The van der Waals surface area contributed by atoms with Crippen molar-refractivity contribution in [3.8, 4) is 0 Å². The van der Waals surface area contributed by atoms with Gasteiger partial charge in [-0.1, -0.05) is 48.7 Å². The molecule has 0 amide bonds. The first kappa shape index (κ1) is 14.6. The Morgan fingerprint density at radius 1 is 1.29 bits per heavy atom. The highest BCUT2D eigenvalue weighted by Crippen LogP contribution is 2.36. The van der Waals surface area contributed by atoms with Crippen LogP contribution in [0.1, 0.15) is 30.9 Å². The standard InChI is InChI=1S/C17H15Cl2NO/c1-2-3-4-10-5-6-14-11(7-10)8-12-15(20-14)9-13(18)17(21)16(12)19/h5-7,9H,2-4,8H2,1H3. The summed E-state index contributed by atoms with van der Waals surface area (Å²) in [7, 11) is 0. The molecule has 3 rings (SSSR count). The summed E-state index contributed by atoms with van der Waals surface area (Å²) in [5, 5.41) is 0.330. The van der Waals surface area contributed by atoms with Crippen molar-refractivity contribution in [2.45, 2.75) is 32.6 Å². The maximum absolute atomic E-state index is 11.9. The molecule has 108 valence electrons. The van der Waals surface area contributed by atoms with Gasteiger partial charge in [0, 0.05) is 12.0 Å². The number of aryl methyl sites for hydroxylation is 1. The fraction of sp³-hybridized carbons (Fsp3) is 0.294. The number of hydrogen-bond acceptors (Lipinski definition) is 2. The van der Waals surface area contributed by atoms with Crippen molar-refractivity contribution >= 4 is 40.4 Å². The molecule has 0 fully saturated rings. The number of carbonyl (C=O) groups excluding carboxylic acids is 1. The van der Waals surface area contributed by atoms with Gasteiger partial charge in [-0.15, -0.1) is 0 Å². The maximum atomic E-state index is 11.9. The van der Waals surface area contributed by atoms with E-state index in [4.69, 9.17) is 23.2 Å². The van der Waals surface area contributed by atoms with Crippen molar-refractivity contribution < 1.29 is 4.79 Å². The fourth-order valence-electron chi connectivity index (χ4n) is 2.64. The number of aliphatic imine (C=N–C) groups is 1. The summed E-state index contributed by atoms with van der Waals surface area (Å²) in [6.07, 6.45) is 5.66. The van der Waals surface area contributed by atoms with Crippen LogP contribution in [-0.4, -0.2) is 11.5 Å². The van der Waals surface area contributed by atoms with E-state index in [1.165, 1.54) is 18.4 Å². The summed E-state index contributed by atoms with van der Waals surface area (Å²) in [6, 6.07) is 6.33. The van der Waals surface area contributed by atoms with Crippen LogP contribution in [0.15, 0.2) is 44.9 Å². The first-order valence-corrected chi connectivity index (χ1v) is 7.87. The van der Waals surface area contributed by atoms with Gasteiger partial charge in [0.1, 0.15) is 0 Å². The van der Waals surface area contributed by atoms with Crippen LogP contribution < -0.4 is 0 Å². The second kappa shape index (κ2) is 5.78. The van der Waals surface area contributed by atoms with Gasteiger partial charge in [-0.25, -0.2) is 4.99 Å². The fourth-order valence-corrected chi connectivity index (χ4v) is 3.15. The van der Waals surface area contributed by atoms with E-state index in [9.17, 15) is 4.79 Å². The van der Waals surface area contributed by atoms with Crippen LogP contribution >= 0.6 is 23.2 Å². The van der Waals surface area contributed by atoms with Crippen LogP contribution in [0.3, 0.4) is 0 Å². The topological polar surface area (TPSA) is 29.4 Å². The number of ketones is 1. The molecule has 0 saturated heterocycles. The minimum atomic E-state index is -0.308. The SMILES string of the molecule is CCCCc1ccc2c(c1)CC1=C(Cl)C(=O)C(Cl)=CC1=N2. The van der Waals surface area contributed by atoms with Crippen molar-refractivity contribution in [3.63, 3.8) is 0 Å². The summed E-state index contributed by atoms with van der Waals surface area (Å²) < 4.78 is 0. The highest BCUT2D eigenvalue weighted by atomic mass is 35.5. The van der Waals surface area contributed by atoms with E-state index in [1.807, 2.05) is 6.07 Å². The lowest BCUT2D eigenvalue weighted by Gasteiger charge is -2.21. The smallest absolute Gasteiger partial charge is 0.216 e. The van der Waals surface area contributed by atoms with Crippen LogP contribution in [0.25, 0.3) is 0 Å². The lowest BCUT2D eigenvalue weighted by Crippen LogP contribution is -2.18. The van der Waals surface area contributed by atoms with Gasteiger partial charge >= 0.3 is 0 Å². The molecule has 2 aliphatic rings. The highest BCUT2D eigenvalue weighted by molar-refractivity contribution is 6.58. The predicted octanol–water partition coefficient (Wildman–Crippen LogP) is 4.86. The number of carbonyl (C=O) groups is 1. The molecular weight excluding hydrogens is 305 g/mol. The van der Waals surface area contributed by atoms with Crippen molar-refractivity contribution in [1.29, 1.82) is 0 Å². The van der Waals surface area contributed by atoms with E-state index < -0.39 is 0 Å². The van der Waals surface area contributed by atoms with Gasteiger partial charge in [0.05, 0.1) is 21.5 Å². The normalized spacial score (nSPS) is 17.2. The number of allylic oxidation sites excluding steroid dienone is 4. The van der Waals surface area contributed by atoms with Gasteiger partial charge in [0.15, 0.2) is 0 Å². The Bertz CT molecular complexity index is 714. The first-order chi connectivity index (χ1) is 10.1. The largest absolute Gasteiger partial charge is 0.287 e. The molecule has 2 nitrogen and oxygen atoms in total. The molecule has 1 aliphatic carbocycles. The molecule has 0 saturated carbocycles.